The SMILES string of the molecule is O=C(O)c1ccc(N2CC(c3ccc(C(F)(F)F)cc3)C[C@H]2CF)cc1. The molecule has 7 heteroatoms. The molecule has 2 aromatic carbocycles. The third-order valence-electron chi connectivity index (χ3n) is 4.75. The molecule has 0 spiro atoms. The van der Waals surface area contributed by atoms with Crippen molar-refractivity contribution in [1.29, 1.82) is 0 Å². The lowest BCUT2D eigenvalue weighted by Gasteiger charge is -2.24. The Labute approximate surface area is 147 Å². The zero-order chi connectivity index (χ0) is 18.9. The molecular weight excluding hydrogens is 350 g/mol. The van der Waals surface area contributed by atoms with Gasteiger partial charge in [-0.25, -0.2) is 9.18 Å². The van der Waals surface area contributed by atoms with E-state index in [1.165, 1.54) is 24.3 Å². The lowest BCUT2D eigenvalue weighted by atomic mass is 9.95. The molecule has 3 rings (SSSR count). The van der Waals surface area contributed by atoms with Gasteiger partial charge in [0.1, 0.15) is 6.67 Å². The quantitative estimate of drug-likeness (QED) is 0.794. The Morgan fingerprint density at radius 2 is 1.69 bits per heavy atom. The molecule has 1 fully saturated rings. The van der Waals surface area contributed by atoms with Gasteiger partial charge in [-0.05, 0) is 48.4 Å². The summed E-state index contributed by atoms with van der Waals surface area (Å²) in [6, 6.07) is 10.8. The van der Waals surface area contributed by atoms with Crippen molar-refractivity contribution in [2.75, 3.05) is 18.1 Å². The van der Waals surface area contributed by atoms with E-state index in [0.29, 0.717) is 18.7 Å². The van der Waals surface area contributed by atoms with Gasteiger partial charge in [-0.3, -0.25) is 0 Å². The minimum Gasteiger partial charge on any atom is -0.478 e. The van der Waals surface area contributed by atoms with Gasteiger partial charge in [-0.15, -0.1) is 0 Å². The number of anilines is 1. The second-order valence-electron chi connectivity index (χ2n) is 6.36. The van der Waals surface area contributed by atoms with Crippen molar-refractivity contribution in [3.05, 3.63) is 65.2 Å². The molecule has 1 unspecified atom stereocenters. The van der Waals surface area contributed by atoms with Gasteiger partial charge < -0.3 is 10.0 Å². The Morgan fingerprint density at radius 3 is 2.19 bits per heavy atom. The number of halogens is 4. The van der Waals surface area contributed by atoms with E-state index in [1.54, 1.807) is 12.1 Å². The van der Waals surface area contributed by atoms with E-state index in [1.807, 2.05) is 4.90 Å². The lowest BCUT2D eigenvalue weighted by molar-refractivity contribution is -0.137. The number of alkyl halides is 4. The molecule has 3 nitrogen and oxygen atoms in total. The van der Waals surface area contributed by atoms with Crippen LogP contribution in [0, 0.1) is 0 Å². The number of benzene rings is 2. The first-order valence-electron chi connectivity index (χ1n) is 8.12. The molecule has 0 radical (unpaired) electrons. The molecule has 1 aliphatic rings. The Hall–Kier alpha value is -2.57. The highest BCUT2D eigenvalue weighted by atomic mass is 19.4. The summed E-state index contributed by atoms with van der Waals surface area (Å²) >= 11 is 0. The molecule has 0 aromatic heterocycles. The van der Waals surface area contributed by atoms with Crippen LogP contribution in [0.15, 0.2) is 48.5 Å². The van der Waals surface area contributed by atoms with Crippen molar-refractivity contribution in [2.24, 2.45) is 0 Å². The summed E-state index contributed by atoms with van der Waals surface area (Å²) in [7, 11) is 0. The monoisotopic (exact) mass is 367 g/mol. The predicted molar refractivity (Wildman–Crippen MR) is 89.3 cm³/mol. The van der Waals surface area contributed by atoms with Crippen molar-refractivity contribution in [3.63, 3.8) is 0 Å². The minimum atomic E-state index is -4.38. The third-order valence-corrected chi connectivity index (χ3v) is 4.75. The maximum absolute atomic E-state index is 13.5. The summed E-state index contributed by atoms with van der Waals surface area (Å²) in [5, 5.41) is 8.96. The van der Waals surface area contributed by atoms with Crippen molar-refractivity contribution in [2.45, 2.75) is 24.6 Å². The summed E-state index contributed by atoms with van der Waals surface area (Å²) in [5.41, 5.74) is 0.875. The highest BCUT2D eigenvalue weighted by Gasteiger charge is 2.34. The van der Waals surface area contributed by atoms with Crippen LogP contribution in [0.3, 0.4) is 0 Å². The standard InChI is InChI=1S/C19H17F4NO2/c20-10-17-9-14(12-1-5-15(6-2-12)19(21,22)23)11-24(17)16-7-3-13(4-8-16)18(25)26/h1-8,14,17H,9-11H2,(H,25,26)/t14?,17-/m0/s1. The first-order valence-corrected chi connectivity index (χ1v) is 8.12. The zero-order valence-corrected chi connectivity index (χ0v) is 13.7. The average molecular weight is 367 g/mol. The van der Waals surface area contributed by atoms with Gasteiger partial charge in [0.05, 0.1) is 17.2 Å². The molecule has 0 aliphatic carbocycles. The maximum atomic E-state index is 13.5. The molecule has 1 heterocycles. The highest BCUT2D eigenvalue weighted by molar-refractivity contribution is 5.88. The molecule has 2 aromatic rings. The van der Waals surface area contributed by atoms with Crippen LogP contribution < -0.4 is 4.90 Å². The van der Waals surface area contributed by atoms with Gasteiger partial charge in [0.2, 0.25) is 0 Å². The van der Waals surface area contributed by atoms with Gasteiger partial charge in [0.15, 0.2) is 0 Å². The highest BCUT2D eigenvalue weighted by Crippen LogP contribution is 2.37. The number of hydrogen-bond acceptors (Lipinski definition) is 2. The Morgan fingerprint density at radius 1 is 1.08 bits per heavy atom. The summed E-state index contributed by atoms with van der Waals surface area (Å²) in [5.74, 6) is -1.13. The summed E-state index contributed by atoms with van der Waals surface area (Å²) in [6.07, 6.45) is -3.89. The molecule has 0 amide bonds. The summed E-state index contributed by atoms with van der Waals surface area (Å²) < 4.78 is 51.5. The van der Waals surface area contributed by atoms with Crippen LogP contribution in [-0.2, 0) is 6.18 Å². The number of rotatable bonds is 4. The number of carbonyl (C=O) groups is 1. The smallest absolute Gasteiger partial charge is 0.416 e. The summed E-state index contributed by atoms with van der Waals surface area (Å²) in [6.45, 7) is -0.121. The van der Waals surface area contributed by atoms with E-state index in [-0.39, 0.29) is 11.5 Å². The maximum Gasteiger partial charge on any atom is 0.416 e. The number of hydrogen-bond donors (Lipinski definition) is 1. The molecule has 2 atom stereocenters. The van der Waals surface area contributed by atoms with Crippen LogP contribution in [0.25, 0.3) is 0 Å². The first-order chi connectivity index (χ1) is 12.3. The normalized spacial score (nSPS) is 20.4. The molecule has 138 valence electrons. The fourth-order valence-electron chi connectivity index (χ4n) is 3.36. The van der Waals surface area contributed by atoms with Crippen LogP contribution in [-0.4, -0.2) is 30.3 Å². The number of carboxylic acid groups (broad SMARTS) is 1. The fraction of sp³-hybridized carbons (Fsp3) is 0.316. The van der Waals surface area contributed by atoms with Crippen molar-refractivity contribution >= 4 is 11.7 Å². The minimum absolute atomic E-state index is 0.0859. The van der Waals surface area contributed by atoms with Gasteiger partial charge in [-0.1, -0.05) is 12.1 Å². The largest absolute Gasteiger partial charge is 0.478 e. The van der Waals surface area contributed by atoms with Gasteiger partial charge in [0.25, 0.3) is 0 Å². The first kappa shape index (κ1) is 18.2. The van der Waals surface area contributed by atoms with Crippen LogP contribution in [0.5, 0.6) is 0 Å². The second kappa shape index (κ2) is 6.97. The van der Waals surface area contributed by atoms with Gasteiger partial charge in [0, 0.05) is 18.2 Å². The third kappa shape index (κ3) is 3.66. The number of aromatic carboxylic acids is 1. The van der Waals surface area contributed by atoms with E-state index in [2.05, 4.69) is 0 Å². The van der Waals surface area contributed by atoms with E-state index in [0.717, 1.165) is 17.7 Å². The topological polar surface area (TPSA) is 40.5 Å². The Kier molecular flexibility index (Phi) is 4.89. The van der Waals surface area contributed by atoms with Crippen molar-refractivity contribution in [3.8, 4) is 0 Å². The van der Waals surface area contributed by atoms with Crippen LogP contribution in [0.2, 0.25) is 0 Å². The molecule has 1 saturated heterocycles. The van der Waals surface area contributed by atoms with E-state index in [9.17, 15) is 22.4 Å². The van der Waals surface area contributed by atoms with Crippen molar-refractivity contribution in [1.82, 2.24) is 0 Å². The predicted octanol–water partition coefficient (Wildman–Crippen LogP) is 4.74. The van der Waals surface area contributed by atoms with E-state index >= 15 is 0 Å². The molecular formula is C19H17F4NO2. The fourth-order valence-corrected chi connectivity index (χ4v) is 3.36. The Bertz CT molecular complexity index is 772. The second-order valence-corrected chi connectivity index (χ2v) is 6.36. The molecule has 1 aliphatic heterocycles. The van der Waals surface area contributed by atoms with E-state index < -0.39 is 30.4 Å². The average Bonchev–Trinajstić information content (AvgIpc) is 3.05. The van der Waals surface area contributed by atoms with Crippen LogP contribution in [0.4, 0.5) is 23.2 Å². The molecule has 0 bridgehead atoms. The summed E-state index contributed by atoms with van der Waals surface area (Å²) in [4.78, 5) is 12.8. The zero-order valence-electron chi connectivity index (χ0n) is 13.7. The van der Waals surface area contributed by atoms with E-state index in [4.69, 9.17) is 5.11 Å². The van der Waals surface area contributed by atoms with Crippen LogP contribution >= 0.6 is 0 Å². The Balaban J connectivity index is 1.79. The van der Waals surface area contributed by atoms with Crippen LogP contribution in [0.1, 0.15) is 33.8 Å². The van der Waals surface area contributed by atoms with Crippen molar-refractivity contribution < 1.29 is 27.5 Å². The number of carboxylic acids is 1. The lowest BCUT2D eigenvalue weighted by Crippen LogP contribution is -2.30. The molecule has 0 saturated carbocycles. The van der Waals surface area contributed by atoms with Gasteiger partial charge >= 0.3 is 12.1 Å². The molecule has 1 N–H and O–H groups in total. The number of nitrogens with zero attached hydrogens (tertiary/aromatic N) is 1. The van der Waals surface area contributed by atoms with Gasteiger partial charge in [-0.2, -0.15) is 13.2 Å². The molecule has 26 heavy (non-hydrogen) atoms.